The van der Waals surface area contributed by atoms with E-state index in [1.165, 1.54) is 12.1 Å². The van der Waals surface area contributed by atoms with Crippen LogP contribution in [0.1, 0.15) is 37.8 Å². The Morgan fingerprint density at radius 1 is 1.26 bits per heavy atom. The lowest BCUT2D eigenvalue weighted by atomic mass is 9.81. The number of rotatable bonds is 6. The summed E-state index contributed by atoms with van der Waals surface area (Å²) in [5.41, 5.74) is 1.67. The largest absolute Gasteiger partial charge is 0.391 e. The van der Waals surface area contributed by atoms with Gasteiger partial charge in [-0.3, -0.25) is 0 Å². The van der Waals surface area contributed by atoms with Gasteiger partial charge in [0.05, 0.1) is 6.10 Å². The fraction of sp³-hybridized carbons (Fsp3) is 0.625. The lowest BCUT2D eigenvalue weighted by Crippen LogP contribution is -2.53. The molecule has 1 aromatic carbocycles. The van der Waals surface area contributed by atoms with Crippen LogP contribution >= 0.6 is 0 Å². The molecule has 1 atom stereocenters. The molecule has 0 aliphatic heterocycles. The van der Waals surface area contributed by atoms with E-state index in [0.29, 0.717) is 6.42 Å². The van der Waals surface area contributed by atoms with Gasteiger partial charge in [0.2, 0.25) is 0 Å². The minimum Gasteiger partial charge on any atom is -0.391 e. The highest BCUT2D eigenvalue weighted by atomic mass is 19.1. The van der Waals surface area contributed by atoms with E-state index in [-0.39, 0.29) is 11.4 Å². The summed E-state index contributed by atoms with van der Waals surface area (Å²) in [6.07, 6.45) is 1.72. The summed E-state index contributed by atoms with van der Waals surface area (Å²) >= 11 is 0. The Morgan fingerprint density at radius 3 is 2.32 bits per heavy atom. The minimum absolute atomic E-state index is 0.240. The molecule has 1 N–H and O–H groups in total. The zero-order valence-corrected chi connectivity index (χ0v) is 12.7. The number of likely N-dealkylation sites (N-methyl/N-ethyl adjacent to an activating group) is 1. The standard InChI is InChI=1S/C16H26FNO/c1-6-16(7-2,18(4)5)15(19)11-13-10-14(17)9-8-12(13)3/h8-10,15,19H,6-7,11H2,1-5H3. The van der Waals surface area contributed by atoms with Gasteiger partial charge in [-0.05, 0) is 57.1 Å². The van der Waals surface area contributed by atoms with Gasteiger partial charge in [-0.1, -0.05) is 19.9 Å². The third kappa shape index (κ3) is 3.34. The highest BCUT2D eigenvalue weighted by molar-refractivity contribution is 5.27. The van der Waals surface area contributed by atoms with Crippen molar-refractivity contribution in [3.8, 4) is 0 Å². The summed E-state index contributed by atoms with van der Waals surface area (Å²) in [6, 6.07) is 4.76. The van der Waals surface area contributed by atoms with Crippen molar-refractivity contribution in [3.05, 3.63) is 35.1 Å². The number of halogens is 1. The third-order valence-corrected chi connectivity index (χ3v) is 4.46. The Balaban J connectivity index is 2.99. The summed E-state index contributed by atoms with van der Waals surface area (Å²) in [5, 5.41) is 10.6. The van der Waals surface area contributed by atoms with Crippen LogP contribution in [-0.2, 0) is 6.42 Å². The molecule has 108 valence electrons. The molecule has 2 nitrogen and oxygen atoms in total. The van der Waals surface area contributed by atoms with Crippen LogP contribution in [0.15, 0.2) is 18.2 Å². The number of aliphatic hydroxyl groups is 1. The zero-order valence-electron chi connectivity index (χ0n) is 12.7. The monoisotopic (exact) mass is 267 g/mol. The number of aryl methyl sites for hydroxylation is 1. The van der Waals surface area contributed by atoms with E-state index in [9.17, 15) is 9.50 Å². The molecule has 0 radical (unpaired) electrons. The van der Waals surface area contributed by atoms with Gasteiger partial charge in [0.15, 0.2) is 0 Å². The number of hydrogen-bond acceptors (Lipinski definition) is 2. The average molecular weight is 267 g/mol. The summed E-state index contributed by atoms with van der Waals surface area (Å²) in [5.74, 6) is -0.240. The van der Waals surface area contributed by atoms with Crippen molar-refractivity contribution >= 4 is 0 Å². The molecule has 1 unspecified atom stereocenters. The second kappa shape index (κ2) is 6.49. The maximum absolute atomic E-state index is 13.3. The second-order valence-electron chi connectivity index (χ2n) is 5.50. The quantitative estimate of drug-likeness (QED) is 0.856. The molecule has 19 heavy (non-hydrogen) atoms. The van der Waals surface area contributed by atoms with Crippen molar-refractivity contribution in [2.45, 2.75) is 51.7 Å². The molecule has 1 rings (SSSR count). The molecule has 0 fully saturated rings. The van der Waals surface area contributed by atoms with Crippen LogP contribution in [0.4, 0.5) is 4.39 Å². The lowest BCUT2D eigenvalue weighted by Gasteiger charge is -2.42. The molecule has 0 bridgehead atoms. The zero-order chi connectivity index (χ0) is 14.6. The van der Waals surface area contributed by atoms with E-state index in [4.69, 9.17) is 0 Å². The summed E-state index contributed by atoms with van der Waals surface area (Å²) in [4.78, 5) is 2.09. The number of aliphatic hydroxyl groups excluding tert-OH is 1. The molecular weight excluding hydrogens is 241 g/mol. The van der Waals surface area contributed by atoms with Gasteiger partial charge in [0.1, 0.15) is 5.82 Å². The first-order valence-corrected chi connectivity index (χ1v) is 6.98. The van der Waals surface area contributed by atoms with Gasteiger partial charge in [-0.25, -0.2) is 4.39 Å². The fourth-order valence-electron chi connectivity index (χ4n) is 2.91. The predicted molar refractivity (Wildman–Crippen MR) is 77.8 cm³/mol. The van der Waals surface area contributed by atoms with Gasteiger partial charge in [0, 0.05) is 12.0 Å². The molecule has 0 saturated carbocycles. The van der Waals surface area contributed by atoms with Crippen LogP contribution in [0.2, 0.25) is 0 Å². The molecule has 0 aliphatic rings. The molecule has 1 aromatic rings. The Morgan fingerprint density at radius 2 is 1.84 bits per heavy atom. The Labute approximate surface area is 116 Å². The van der Waals surface area contributed by atoms with E-state index < -0.39 is 6.10 Å². The predicted octanol–water partition coefficient (Wildman–Crippen LogP) is 3.16. The maximum Gasteiger partial charge on any atom is 0.123 e. The smallest absolute Gasteiger partial charge is 0.123 e. The first-order valence-electron chi connectivity index (χ1n) is 6.98. The van der Waals surface area contributed by atoms with E-state index in [1.807, 2.05) is 21.0 Å². The van der Waals surface area contributed by atoms with E-state index in [0.717, 1.165) is 24.0 Å². The van der Waals surface area contributed by atoms with Crippen molar-refractivity contribution in [1.29, 1.82) is 0 Å². The minimum atomic E-state index is -0.502. The Kier molecular flexibility index (Phi) is 5.50. The van der Waals surface area contributed by atoms with Crippen molar-refractivity contribution in [3.63, 3.8) is 0 Å². The highest BCUT2D eigenvalue weighted by Gasteiger charge is 2.36. The molecule has 3 heteroatoms. The first kappa shape index (κ1) is 16.1. The lowest BCUT2D eigenvalue weighted by molar-refractivity contribution is -0.0126. The molecule has 0 aliphatic carbocycles. The molecule has 0 aromatic heterocycles. The molecule has 0 saturated heterocycles. The molecule has 0 amide bonds. The van der Waals surface area contributed by atoms with Gasteiger partial charge in [0.25, 0.3) is 0 Å². The number of nitrogens with zero attached hydrogens (tertiary/aromatic N) is 1. The highest BCUT2D eigenvalue weighted by Crippen LogP contribution is 2.28. The van der Waals surface area contributed by atoms with E-state index in [2.05, 4.69) is 18.7 Å². The summed E-state index contributed by atoms with van der Waals surface area (Å²) in [7, 11) is 3.99. The normalized spacial score (nSPS) is 13.9. The first-order chi connectivity index (χ1) is 8.87. The maximum atomic E-state index is 13.3. The number of benzene rings is 1. The van der Waals surface area contributed by atoms with E-state index >= 15 is 0 Å². The van der Waals surface area contributed by atoms with E-state index in [1.54, 1.807) is 6.07 Å². The topological polar surface area (TPSA) is 23.5 Å². The summed E-state index contributed by atoms with van der Waals surface area (Å²) < 4.78 is 13.3. The second-order valence-corrected chi connectivity index (χ2v) is 5.50. The molecule has 0 heterocycles. The SMILES string of the molecule is CCC(CC)(C(O)Cc1cc(F)ccc1C)N(C)C. The summed E-state index contributed by atoms with van der Waals surface area (Å²) in [6.45, 7) is 6.13. The number of hydrogen-bond donors (Lipinski definition) is 1. The fourth-order valence-corrected chi connectivity index (χ4v) is 2.91. The Bertz CT molecular complexity index is 413. The van der Waals surface area contributed by atoms with Crippen LogP contribution in [0, 0.1) is 12.7 Å². The van der Waals surface area contributed by atoms with Gasteiger partial charge >= 0.3 is 0 Å². The van der Waals surface area contributed by atoms with Crippen LogP contribution in [0.25, 0.3) is 0 Å². The van der Waals surface area contributed by atoms with Crippen molar-refractivity contribution in [1.82, 2.24) is 4.90 Å². The van der Waals surface area contributed by atoms with Crippen LogP contribution < -0.4 is 0 Å². The average Bonchev–Trinajstić information content (AvgIpc) is 2.35. The van der Waals surface area contributed by atoms with Gasteiger partial charge in [-0.15, -0.1) is 0 Å². The van der Waals surface area contributed by atoms with Crippen LogP contribution in [-0.4, -0.2) is 35.7 Å². The van der Waals surface area contributed by atoms with Crippen molar-refractivity contribution in [2.75, 3.05) is 14.1 Å². The van der Waals surface area contributed by atoms with Gasteiger partial charge < -0.3 is 10.0 Å². The van der Waals surface area contributed by atoms with Crippen LogP contribution in [0.3, 0.4) is 0 Å². The van der Waals surface area contributed by atoms with Crippen LogP contribution in [0.5, 0.6) is 0 Å². The van der Waals surface area contributed by atoms with Crippen molar-refractivity contribution in [2.24, 2.45) is 0 Å². The van der Waals surface area contributed by atoms with Gasteiger partial charge in [-0.2, -0.15) is 0 Å². The Hall–Kier alpha value is -0.930. The third-order valence-electron chi connectivity index (χ3n) is 4.46. The van der Waals surface area contributed by atoms with Crippen molar-refractivity contribution < 1.29 is 9.50 Å². The molecule has 0 spiro atoms. The molecular formula is C16H26FNO.